The first-order chi connectivity index (χ1) is 7.63. The minimum absolute atomic E-state index is 0.180. The van der Waals surface area contributed by atoms with Gasteiger partial charge in [0, 0.05) is 13.2 Å². The SMILES string of the molecule is COCc1cc(=O)n2ncc(C)c(C)c2n1. The number of aromatic nitrogens is 3. The summed E-state index contributed by atoms with van der Waals surface area (Å²) < 4.78 is 6.28. The van der Waals surface area contributed by atoms with Gasteiger partial charge in [0.05, 0.1) is 18.5 Å². The molecule has 2 aromatic rings. The lowest BCUT2D eigenvalue weighted by Gasteiger charge is -2.06. The lowest BCUT2D eigenvalue weighted by Crippen LogP contribution is -2.19. The van der Waals surface area contributed by atoms with Crippen LogP contribution in [0.15, 0.2) is 17.1 Å². The van der Waals surface area contributed by atoms with E-state index >= 15 is 0 Å². The summed E-state index contributed by atoms with van der Waals surface area (Å²) in [6.45, 7) is 4.20. The van der Waals surface area contributed by atoms with Gasteiger partial charge in [-0.2, -0.15) is 9.61 Å². The molecule has 0 unspecified atom stereocenters. The number of methoxy groups -OCH3 is 1. The zero-order valence-electron chi connectivity index (χ0n) is 9.52. The van der Waals surface area contributed by atoms with Gasteiger partial charge >= 0.3 is 0 Å². The third-order valence-electron chi connectivity index (χ3n) is 2.53. The number of fused-ring (bicyclic) bond motifs is 1. The summed E-state index contributed by atoms with van der Waals surface area (Å²) in [5, 5.41) is 4.04. The maximum Gasteiger partial charge on any atom is 0.274 e. The van der Waals surface area contributed by atoms with Gasteiger partial charge in [-0.1, -0.05) is 0 Å². The van der Waals surface area contributed by atoms with Crippen molar-refractivity contribution in [1.29, 1.82) is 0 Å². The molecule has 16 heavy (non-hydrogen) atoms. The molecule has 0 aromatic carbocycles. The molecule has 0 atom stereocenters. The number of rotatable bonds is 2. The third kappa shape index (κ3) is 1.69. The molecule has 2 aromatic heterocycles. The number of hydrogen-bond donors (Lipinski definition) is 0. The van der Waals surface area contributed by atoms with Crippen LogP contribution in [-0.2, 0) is 11.3 Å². The number of aryl methyl sites for hydroxylation is 2. The topological polar surface area (TPSA) is 56.5 Å². The van der Waals surface area contributed by atoms with Crippen LogP contribution >= 0.6 is 0 Å². The lowest BCUT2D eigenvalue weighted by molar-refractivity contribution is 0.181. The van der Waals surface area contributed by atoms with Crippen molar-refractivity contribution < 1.29 is 4.74 Å². The number of nitrogens with zero attached hydrogens (tertiary/aromatic N) is 3. The van der Waals surface area contributed by atoms with Crippen molar-refractivity contribution in [3.63, 3.8) is 0 Å². The molecule has 2 heterocycles. The summed E-state index contributed by atoms with van der Waals surface area (Å²) in [5.74, 6) is 0. The highest BCUT2D eigenvalue weighted by Gasteiger charge is 2.07. The van der Waals surface area contributed by atoms with E-state index in [0.29, 0.717) is 17.9 Å². The molecule has 84 valence electrons. The average molecular weight is 219 g/mol. The van der Waals surface area contributed by atoms with Crippen molar-refractivity contribution >= 4 is 5.65 Å². The molecule has 0 bridgehead atoms. The van der Waals surface area contributed by atoms with Crippen molar-refractivity contribution in [2.24, 2.45) is 0 Å². The van der Waals surface area contributed by atoms with Crippen LogP contribution in [0.4, 0.5) is 0 Å². The fraction of sp³-hybridized carbons (Fsp3) is 0.364. The van der Waals surface area contributed by atoms with Crippen LogP contribution in [0.2, 0.25) is 0 Å². The van der Waals surface area contributed by atoms with Gasteiger partial charge in [-0.3, -0.25) is 4.79 Å². The van der Waals surface area contributed by atoms with Gasteiger partial charge in [-0.05, 0) is 25.0 Å². The van der Waals surface area contributed by atoms with E-state index in [2.05, 4.69) is 10.1 Å². The van der Waals surface area contributed by atoms with E-state index in [1.807, 2.05) is 13.8 Å². The van der Waals surface area contributed by atoms with Crippen molar-refractivity contribution in [3.05, 3.63) is 39.4 Å². The van der Waals surface area contributed by atoms with E-state index in [-0.39, 0.29) is 5.56 Å². The molecule has 0 N–H and O–H groups in total. The molecule has 0 radical (unpaired) electrons. The monoisotopic (exact) mass is 219 g/mol. The van der Waals surface area contributed by atoms with Crippen LogP contribution in [-0.4, -0.2) is 21.7 Å². The van der Waals surface area contributed by atoms with Gasteiger partial charge in [-0.25, -0.2) is 4.98 Å². The van der Waals surface area contributed by atoms with E-state index in [4.69, 9.17) is 4.74 Å². The Morgan fingerprint density at radius 2 is 2.19 bits per heavy atom. The second-order valence-corrected chi connectivity index (χ2v) is 3.71. The third-order valence-corrected chi connectivity index (χ3v) is 2.53. The Bertz CT molecular complexity index is 590. The van der Waals surface area contributed by atoms with Crippen molar-refractivity contribution in [1.82, 2.24) is 14.6 Å². The molecule has 0 saturated carbocycles. The lowest BCUT2D eigenvalue weighted by atomic mass is 10.2. The summed E-state index contributed by atoms with van der Waals surface area (Å²) in [6, 6.07) is 1.44. The molecule has 5 nitrogen and oxygen atoms in total. The maximum atomic E-state index is 11.7. The van der Waals surface area contributed by atoms with Gasteiger partial charge in [0.2, 0.25) is 0 Å². The van der Waals surface area contributed by atoms with Crippen LogP contribution in [0.3, 0.4) is 0 Å². The molecule has 0 fully saturated rings. The highest BCUT2D eigenvalue weighted by atomic mass is 16.5. The smallest absolute Gasteiger partial charge is 0.274 e. The Hall–Kier alpha value is -1.75. The second-order valence-electron chi connectivity index (χ2n) is 3.71. The molecule has 5 heteroatoms. The fourth-order valence-electron chi connectivity index (χ4n) is 1.52. The zero-order chi connectivity index (χ0) is 11.7. The molecular weight excluding hydrogens is 206 g/mol. The predicted molar refractivity (Wildman–Crippen MR) is 59.4 cm³/mol. The standard InChI is InChI=1S/C11H13N3O2/c1-7-5-12-14-10(15)4-9(6-16-3)13-11(14)8(7)2/h4-5H,6H2,1-3H3. The van der Waals surface area contributed by atoms with Crippen LogP contribution in [0.5, 0.6) is 0 Å². The van der Waals surface area contributed by atoms with Gasteiger partial charge < -0.3 is 4.74 Å². The van der Waals surface area contributed by atoms with E-state index in [0.717, 1.165) is 11.1 Å². The first-order valence-electron chi connectivity index (χ1n) is 4.97. The van der Waals surface area contributed by atoms with Gasteiger partial charge in [0.15, 0.2) is 5.65 Å². The number of ether oxygens (including phenoxy) is 1. The van der Waals surface area contributed by atoms with Crippen LogP contribution < -0.4 is 5.56 Å². The van der Waals surface area contributed by atoms with E-state index < -0.39 is 0 Å². The van der Waals surface area contributed by atoms with Crippen molar-refractivity contribution in [2.45, 2.75) is 20.5 Å². The molecule has 2 rings (SSSR count). The normalized spacial score (nSPS) is 10.9. The summed E-state index contributed by atoms with van der Waals surface area (Å²) >= 11 is 0. The highest BCUT2D eigenvalue weighted by molar-refractivity contribution is 5.48. The molecule has 0 aliphatic carbocycles. The average Bonchev–Trinajstić information content (AvgIpc) is 2.25. The number of hydrogen-bond acceptors (Lipinski definition) is 4. The van der Waals surface area contributed by atoms with Gasteiger partial charge in [0.25, 0.3) is 5.56 Å². The highest BCUT2D eigenvalue weighted by Crippen LogP contribution is 2.09. The quantitative estimate of drug-likeness (QED) is 0.751. The Labute approximate surface area is 92.7 Å². The van der Waals surface area contributed by atoms with Gasteiger partial charge in [0.1, 0.15) is 0 Å². The molecule has 0 saturated heterocycles. The van der Waals surface area contributed by atoms with Crippen LogP contribution in [0.1, 0.15) is 16.8 Å². The Morgan fingerprint density at radius 3 is 2.88 bits per heavy atom. The Balaban J connectivity index is 2.78. The first-order valence-corrected chi connectivity index (χ1v) is 4.97. The molecule has 0 amide bonds. The first kappa shape index (κ1) is 10.8. The van der Waals surface area contributed by atoms with Crippen molar-refractivity contribution in [3.8, 4) is 0 Å². The molecule has 0 spiro atoms. The van der Waals surface area contributed by atoms with E-state index in [1.54, 1.807) is 13.3 Å². The summed E-state index contributed by atoms with van der Waals surface area (Å²) in [4.78, 5) is 16.1. The largest absolute Gasteiger partial charge is 0.378 e. The van der Waals surface area contributed by atoms with Crippen LogP contribution in [0, 0.1) is 13.8 Å². The van der Waals surface area contributed by atoms with E-state index in [9.17, 15) is 4.79 Å². The second kappa shape index (κ2) is 4.02. The van der Waals surface area contributed by atoms with Crippen LogP contribution in [0.25, 0.3) is 5.65 Å². The molecule has 0 aliphatic heterocycles. The van der Waals surface area contributed by atoms with Gasteiger partial charge in [-0.15, -0.1) is 0 Å². The summed E-state index contributed by atoms with van der Waals surface area (Å²) in [7, 11) is 1.57. The Kier molecular flexibility index (Phi) is 2.70. The van der Waals surface area contributed by atoms with E-state index in [1.165, 1.54) is 10.6 Å². The minimum atomic E-state index is -0.180. The summed E-state index contributed by atoms with van der Waals surface area (Å²) in [6.07, 6.45) is 1.67. The fourth-order valence-corrected chi connectivity index (χ4v) is 1.52. The summed E-state index contributed by atoms with van der Waals surface area (Å²) in [5.41, 5.74) is 3.02. The molecule has 0 aliphatic rings. The molecular formula is C11H13N3O2. The minimum Gasteiger partial charge on any atom is -0.378 e. The maximum absolute atomic E-state index is 11.7. The zero-order valence-corrected chi connectivity index (χ0v) is 9.52. The van der Waals surface area contributed by atoms with Crippen molar-refractivity contribution in [2.75, 3.05) is 7.11 Å². The predicted octanol–water partition coefficient (Wildman–Crippen LogP) is 0.853. The Morgan fingerprint density at radius 1 is 1.44 bits per heavy atom.